The first-order valence-corrected chi connectivity index (χ1v) is 11.0. The number of quaternary nitrogens is 1. The molecule has 1 amide bonds. The summed E-state index contributed by atoms with van der Waals surface area (Å²) in [7, 11) is 4.00. The molecule has 0 unspecified atom stereocenters. The van der Waals surface area contributed by atoms with E-state index in [1.807, 2.05) is 37.7 Å². The summed E-state index contributed by atoms with van der Waals surface area (Å²) >= 11 is 7.16. The van der Waals surface area contributed by atoms with Crippen molar-refractivity contribution in [2.75, 3.05) is 25.2 Å². The normalized spacial score (nSPS) is 12.8. The molecule has 2 N–H and O–H groups in total. The van der Waals surface area contributed by atoms with Gasteiger partial charge in [-0.05, 0) is 49.4 Å². The quantitative estimate of drug-likeness (QED) is 0.500. The zero-order valence-corrected chi connectivity index (χ0v) is 19.1. The van der Waals surface area contributed by atoms with Crippen LogP contribution in [0, 0.1) is 0 Å². The molecule has 0 saturated heterocycles. The van der Waals surface area contributed by atoms with Crippen molar-refractivity contribution in [1.82, 2.24) is 14.8 Å². The second-order valence-electron chi connectivity index (χ2n) is 7.37. The number of carbonyl (C=O) groups is 1. The van der Waals surface area contributed by atoms with Gasteiger partial charge in [0.05, 0.1) is 25.4 Å². The number of halogens is 4. The Kier molecular flexibility index (Phi) is 7.47. The van der Waals surface area contributed by atoms with Gasteiger partial charge in [-0.1, -0.05) is 29.4 Å². The Labute approximate surface area is 192 Å². The zero-order valence-electron chi connectivity index (χ0n) is 17.6. The number of anilines is 1. The molecular formula is C21H22ClF3N5OS+. The lowest BCUT2D eigenvalue weighted by Gasteiger charge is -2.18. The molecule has 0 aliphatic rings. The highest BCUT2D eigenvalue weighted by Crippen LogP contribution is 2.31. The number of benzene rings is 2. The van der Waals surface area contributed by atoms with E-state index in [1.54, 1.807) is 12.1 Å². The summed E-state index contributed by atoms with van der Waals surface area (Å²) in [6, 6.07) is 11.7. The van der Waals surface area contributed by atoms with Crippen LogP contribution in [0.15, 0.2) is 53.7 Å². The molecular weight excluding hydrogens is 463 g/mol. The molecule has 3 rings (SSSR count). The minimum absolute atomic E-state index is 0.0199. The van der Waals surface area contributed by atoms with Crippen LogP contribution in [-0.2, 0) is 11.0 Å². The highest BCUT2D eigenvalue weighted by atomic mass is 35.5. The number of nitrogens with one attached hydrogen (secondary N) is 2. The molecule has 2 aromatic carbocycles. The standard InChI is InChI=1S/C21H21ClF3N5OS/c1-13(29(2)3)19-27-28-20(30(19)17-9-7-15(22)8-10-17)32-12-18(31)26-16-6-4-5-14(11-16)21(23,24)25/h4-11,13H,12H2,1-3H3,(H,26,31)/p+1/t13-/m0/s1. The molecule has 11 heteroatoms. The Morgan fingerprint density at radius 2 is 1.88 bits per heavy atom. The molecule has 0 aliphatic carbocycles. The predicted octanol–water partition coefficient (Wildman–Crippen LogP) is 3.88. The van der Waals surface area contributed by atoms with E-state index in [0.717, 1.165) is 34.5 Å². The van der Waals surface area contributed by atoms with E-state index in [2.05, 4.69) is 15.5 Å². The Morgan fingerprint density at radius 1 is 1.19 bits per heavy atom. The van der Waals surface area contributed by atoms with E-state index in [1.165, 1.54) is 12.1 Å². The third kappa shape index (κ3) is 5.81. The molecule has 0 fully saturated rings. The summed E-state index contributed by atoms with van der Waals surface area (Å²) in [6.07, 6.45) is -4.48. The van der Waals surface area contributed by atoms with Gasteiger partial charge in [-0.2, -0.15) is 13.2 Å². The summed E-state index contributed by atoms with van der Waals surface area (Å²) in [5.41, 5.74) is 0.0497. The van der Waals surface area contributed by atoms with Gasteiger partial charge in [0.2, 0.25) is 5.91 Å². The fourth-order valence-electron chi connectivity index (χ4n) is 2.85. The lowest BCUT2D eigenvalue weighted by molar-refractivity contribution is -0.890. The number of aromatic nitrogens is 3. The van der Waals surface area contributed by atoms with E-state index < -0.39 is 17.6 Å². The Hall–Kier alpha value is -2.56. The molecule has 1 atom stereocenters. The predicted molar refractivity (Wildman–Crippen MR) is 118 cm³/mol. The Bertz CT molecular complexity index is 1090. The van der Waals surface area contributed by atoms with Gasteiger partial charge in [0.25, 0.3) is 0 Å². The zero-order chi connectivity index (χ0) is 23.5. The maximum absolute atomic E-state index is 12.9. The average molecular weight is 485 g/mol. The van der Waals surface area contributed by atoms with E-state index in [9.17, 15) is 18.0 Å². The fraction of sp³-hybridized carbons (Fsp3) is 0.286. The van der Waals surface area contributed by atoms with Crippen molar-refractivity contribution in [1.29, 1.82) is 0 Å². The smallest absolute Gasteiger partial charge is 0.331 e. The molecule has 3 aromatic rings. The van der Waals surface area contributed by atoms with Crippen molar-refractivity contribution in [3.8, 4) is 5.69 Å². The minimum Gasteiger partial charge on any atom is -0.331 e. The van der Waals surface area contributed by atoms with Crippen molar-refractivity contribution < 1.29 is 22.9 Å². The summed E-state index contributed by atoms with van der Waals surface area (Å²) in [4.78, 5) is 13.5. The monoisotopic (exact) mass is 484 g/mol. The van der Waals surface area contributed by atoms with Crippen LogP contribution in [0.3, 0.4) is 0 Å². The van der Waals surface area contributed by atoms with Crippen LogP contribution < -0.4 is 10.2 Å². The number of hydrogen-bond donors (Lipinski definition) is 2. The van der Waals surface area contributed by atoms with Crippen LogP contribution in [0.5, 0.6) is 0 Å². The van der Waals surface area contributed by atoms with Crippen molar-refractivity contribution in [3.63, 3.8) is 0 Å². The highest BCUT2D eigenvalue weighted by molar-refractivity contribution is 7.99. The first kappa shape index (κ1) is 24.1. The topological polar surface area (TPSA) is 64.2 Å². The molecule has 1 heterocycles. The third-order valence-electron chi connectivity index (χ3n) is 4.80. The van der Waals surface area contributed by atoms with Gasteiger partial charge in [-0.15, -0.1) is 10.2 Å². The van der Waals surface area contributed by atoms with Crippen molar-refractivity contribution in [2.24, 2.45) is 0 Å². The second kappa shape index (κ2) is 9.93. The summed E-state index contributed by atoms with van der Waals surface area (Å²) in [5.74, 6) is 0.214. The van der Waals surface area contributed by atoms with Gasteiger partial charge in [0.15, 0.2) is 11.0 Å². The molecule has 32 heavy (non-hydrogen) atoms. The summed E-state index contributed by atoms with van der Waals surface area (Å²) in [6.45, 7) is 2.01. The molecule has 0 spiro atoms. The highest BCUT2D eigenvalue weighted by Gasteiger charge is 2.30. The minimum atomic E-state index is -4.48. The number of hydrogen-bond acceptors (Lipinski definition) is 4. The van der Waals surface area contributed by atoms with E-state index >= 15 is 0 Å². The average Bonchev–Trinajstić information content (AvgIpc) is 3.15. The van der Waals surface area contributed by atoms with Gasteiger partial charge in [0.1, 0.15) is 6.04 Å². The van der Waals surface area contributed by atoms with E-state index in [0.29, 0.717) is 16.0 Å². The van der Waals surface area contributed by atoms with Crippen LogP contribution in [0.1, 0.15) is 24.4 Å². The number of alkyl halides is 3. The number of rotatable bonds is 7. The molecule has 170 valence electrons. The van der Waals surface area contributed by atoms with Gasteiger partial charge < -0.3 is 10.2 Å². The Balaban J connectivity index is 1.79. The van der Waals surface area contributed by atoms with Gasteiger partial charge >= 0.3 is 6.18 Å². The third-order valence-corrected chi connectivity index (χ3v) is 5.98. The molecule has 0 saturated carbocycles. The first-order valence-electron chi connectivity index (χ1n) is 9.67. The van der Waals surface area contributed by atoms with Gasteiger partial charge in [-0.3, -0.25) is 9.36 Å². The van der Waals surface area contributed by atoms with Crippen molar-refractivity contribution in [2.45, 2.75) is 24.3 Å². The molecule has 0 bridgehead atoms. The van der Waals surface area contributed by atoms with Gasteiger partial charge in [-0.25, -0.2) is 0 Å². The van der Waals surface area contributed by atoms with E-state index in [4.69, 9.17) is 11.6 Å². The van der Waals surface area contributed by atoms with E-state index in [-0.39, 0.29) is 17.5 Å². The molecule has 0 radical (unpaired) electrons. The van der Waals surface area contributed by atoms with Gasteiger partial charge in [0, 0.05) is 16.4 Å². The second-order valence-corrected chi connectivity index (χ2v) is 8.75. The fourth-order valence-corrected chi connectivity index (χ4v) is 3.73. The van der Waals surface area contributed by atoms with Crippen LogP contribution in [0.2, 0.25) is 5.02 Å². The van der Waals surface area contributed by atoms with Crippen LogP contribution in [-0.4, -0.2) is 40.5 Å². The number of carbonyl (C=O) groups excluding carboxylic acids is 1. The largest absolute Gasteiger partial charge is 0.416 e. The summed E-state index contributed by atoms with van der Waals surface area (Å²) in [5, 5.41) is 12.1. The molecule has 1 aromatic heterocycles. The maximum Gasteiger partial charge on any atom is 0.416 e. The van der Waals surface area contributed by atoms with Crippen LogP contribution >= 0.6 is 23.4 Å². The van der Waals surface area contributed by atoms with Crippen molar-refractivity contribution >= 4 is 35.0 Å². The number of amides is 1. The lowest BCUT2D eigenvalue weighted by atomic mass is 10.2. The number of nitrogens with zero attached hydrogens (tertiary/aromatic N) is 3. The molecule has 6 nitrogen and oxygen atoms in total. The first-order chi connectivity index (χ1) is 15.1. The Morgan fingerprint density at radius 3 is 2.50 bits per heavy atom. The molecule has 0 aliphatic heterocycles. The SMILES string of the molecule is C[C@@H](c1nnc(SCC(=O)Nc2cccc(C(F)(F)F)c2)n1-c1ccc(Cl)cc1)[NH+](C)C. The summed E-state index contributed by atoms with van der Waals surface area (Å²) < 4.78 is 40.5. The van der Waals surface area contributed by atoms with Crippen LogP contribution in [0.4, 0.5) is 18.9 Å². The maximum atomic E-state index is 12.9. The lowest BCUT2D eigenvalue weighted by Crippen LogP contribution is -3.05. The van der Waals surface area contributed by atoms with Crippen molar-refractivity contribution in [3.05, 3.63) is 64.9 Å². The van der Waals surface area contributed by atoms with Crippen LogP contribution in [0.25, 0.3) is 5.69 Å². The number of thioether (sulfide) groups is 1.